The maximum absolute atomic E-state index is 6.08. The Morgan fingerprint density at radius 1 is 1.09 bits per heavy atom. The van der Waals surface area contributed by atoms with Crippen LogP contribution in [0.1, 0.15) is 22.7 Å². The number of rotatable bonds is 4. The minimum absolute atomic E-state index is 0.250. The molecule has 2 aromatic rings. The summed E-state index contributed by atoms with van der Waals surface area (Å²) in [6, 6.07) is 14.8. The lowest BCUT2D eigenvalue weighted by Crippen LogP contribution is -2.45. The number of hydrogen-bond donors (Lipinski definition) is 1. The van der Waals surface area contributed by atoms with Crippen molar-refractivity contribution in [3.63, 3.8) is 0 Å². The van der Waals surface area contributed by atoms with Crippen molar-refractivity contribution in [2.75, 3.05) is 33.3 Å². The first-order valence-corrected chi connectivity index (χ1v) is 8.41. The monoisotopic (exact) mass is 330 g/mol. The molecule has 2 aromatic carbocycles. The molecule has 1 unspecified atom stereocenters. The number of piperazine rings is 1. The Labute approximate surface area is 143 Å². The molecule has 1 aliphatic rings. The van der Waals surface area contributed by atoms with E-state index in [1.807, 2.05) is 18.2 Å². The Morgan fingerprint density at radius 2 is 1.78 bits per heavy atom. The molecule has 1 fully saturated rings. The summed E-state index contributed by atoms with van der Waals surface area (Å²) in [7, 11) is 1.71. The highest BCUT2D eigenvalue weighted by atomic mass is 35.5. The van der Waals surface area contributed by atoms with Gasteiger partial charge in [0.2, 0.25) is 0 Å². The number of nitrogens with one attached hydrogen (secondary N) is 1. The lowest BCUT2D eigenvalue weighted by molar-refractivity contribution is 0.198. The first-order valence-electron chi connectivity index (χ1n) is 8.04. The van der Waals surface area contributed by atoms with E-state index in [1.165, 1.54) is 16.7 Å². The van der Waals surface area contributed by atoms with E-state index in [-0.39, 0.29) is 6.04 Å². The van der Waals surface area contributed by atoms with Gasteiger partial charge in [0.15, 0.2) is 0 Å². The summed E-state index contributed by atoms with van der Waals surface area (Å²) in [5.74, 6) is 0.904. The Morgan fingerprint density at radius 3 is 2.39 bits per heavy atom. The first kappa shape index (κ1) is 16.3. The summed E-state index contributed by atoms with van der Waals surface area (Å²) in [5.41, 5.74) is 3.86. The fraction of sp³-hybridized carbons (Fsp3) is 0.368. The van der Waals surface area contributed by atoms with Gasteiger partial charge in [-0.1, -0.05) is 29.8 Å². The predicted molar refractivity (Wildman–Crippen MR) is 95.5 cm³/mol. The Hall–Kier alpha value is -1.55. The lowest BCUT2D eigenvalue weighted by atomic mass is 9.93. The summed E-state index contributed by atoms with van der Waals surface area (Å²) in [5, 5.41) is 4.21. The molecule has 0 saturated carbocycles. The molecule has 0 spiro atoms. The zero-order chi connectivity index (χ0) is 16.2. The van der Waals surface area contributed by atoms with E-state index >= 15 is 0 Å². The minimum atomic E-state index is 0.250. The second-order valence-electron chi connectivity index (χ2n) is 5.96. The van der Waals surface area contributed by atoms with E-state index in [4.69, 9.17) is 16.3 Å². The molecule has 23 heavy (non-hydrogen) atoms. The fourth-order valence-corrected chi connectivity index (χ4v) is 3.38. The van der Waals surface area contributed by atoms with Gasteiger partial charge in [0.1, 0.15) is 5.75 Å². The first-order chi connectivity index (χ1) is 11.2. The molecule has 0 radical (unpaired) electrons. The van der Waals surface area contributed by atoms with Gasteiger partial charge in [0, 0.05) is 31.2 Å². The van der Waals surface area contributed by atoms with E-state index in [9.17, 15) is 0 Å². The van der Waals surface area contributed by atoms with Gasteiger partial charge in [0.05, 0.1) is 13.2 Å². The summed E-state index contributed by atoms with van der Waals surface area (Å²) in [6.45, 7) is 6.29. The molecule has 3 nitrogen and oxygen atoms in total. The molecule has 0 bridgehead atoms. The minimum Gasteiger partial charge on any atom is -0.497 e. The molecular formula is C19H23ClN2O. The zero-order valence-electron chi connectivity index (χ0n) is 13.7. The molecule has 1 atom stereocenters. The third-order valence-electron chi connectivity index (χ3n) is 4.47. The van der Waals surface area contributed by atoms with Crippen molar-refractivity contribution < 1.29 is 4.74 Å². The van der Waals surface area contributed by atoms with Crippen molar-refractivity contribution in [3.05, 3.63) is 64.2 Å². The topological polar surface area (TPSA) is 24.5 Å². The molecular weight excluding hydrogens is 308 g/mol. The second-order valence-corrected chi connectivity index (χ2v) is 6.40. The average Bonchev–Trinajstić information content (AvgIpc) is 2.59. The second kappa shape index (κ2) is 7.35. The molecule has 1 saturated heterocycles. The largest absolute Gasteiger partial charge is 0.497 e. The van der Waals surface area contributed by atoms with Crippen LogP contribution in [0.2, 0.25) is 5.02 Å². The van der Waals surface area contributed by atoms with E-state index in [2.05, 4.69) is 41.4 Å². The Balaban J connectivity index is 2.02. The molecule has 122 valence electrons. The highest BCUT2D eigenvalue weighted by molar-refractivity contribution is 6.30. The van der Waals surface area contributed by atoms with Crippen molar-refractivity contribution in [3.8, 4) is 5.75 Å². The van der Waals surface area contributed by atoms with Gasteiger partial charge in [-0.05, 0) is 47.9 Å². The normalized spacial score (nSPS) is 17.0. The van der Waals surface area contributed by atoms with Crippen LogP contribution in [-0.4, -0.2) is 38.2 Å². The van der Waals surface area contributed by atoms with Crippen molar-refractivity contribution in [2.24, 2.45) is 0 Å². The van der Waals surface area contributed by atoms with E-state index < -0.39 is 0 Å². The van der Waals surface area contributed by atoms with Crippen LogP contribution in [-0.2, 0) is 0 Å². The molecule has 0 aromatic heterocycles. The van der Waals surface area contributed by atoms with E-state index in [0.29, 0.717) is 0 Å². The SMILES string of the molecule is COc1ccc(C(c2ccc(Cl)cc2)N2CCNCC2)c(C)c1. The van der Waals surface area contributed by atoms with Crippen molar-refractivity contribution in [1.29, 1.82) is 0 Å². The average molecular weight is 331 g/mol. The summed E-state index contributed by atoms with van der Waals surface area (Å²) in [6.07, 6.45) is 0. The van der Waals surface area contributed by atoms with Crippen LogP contribution in [0.25, 0.3) is 0 Å². The maximum Gasteiger partial charge on any atom is 0.119 e. The van der Waals surface area contributed by atoms with Crippen LogP contribution in [0.5, 0.6) is 5.75 Å². The number of benzene rings is 2. The maximum atomic E-state index is 6.08. The molecule has 1 N–H and O–H groups in total. The summed E-state index contributed by atoms with van der Waals surface area (Å²) >= 11 is 6.08. The summed E-state index contributed by atoms with van der Waals surface area (Å²) < 4.78 is 5.36. The van der Waals surface area contributed by atoms with Crippen molar-refractivity contribution in [2.45, 2.75) is 13.0 Å². The van der Waals surface area contributed by atoms with Gasteiger partial charge in [-0.25, -0.2) is 0 Å². The van der Waals surface area contributed by atoms with Gasteiger partial charge in [-0.2, -0.15) is 0 Å². The number of aryl methyl sites for hydroxylation is 1. The number of ether oxygens (including phenoxy) is 1. The highest BCUT2D eigenvalue weighted by Gasteiger charge is 2.25. The Bertz CT molecular complexity index is 651. The predicted octanol–water partition coefficient (Wildman–Crippen LogP) is 3.65. The lowest BCUT2D eigenvalue weighted by Gasteiger charge is -2.36. The van der Waals surface area contributed by atoms with Gasteiger partial charge < -0.3 is 10.1 Å². The quantitative estimate of drug-likeness (QED) is 0.926. The molecule has 0 amide bonds. The molecule has 1 aliphatic heterocycles. The van der Waals surface area contributed by atoms with Crippen LogP contribution in [0.4, 0.5) is 0 Å². The van der Waals surface area contributed by atoms with Crippen LogP contribution < -0.4 is 10.1 Å². The van der Waals surface area contributed by atoms with Gasteiger partial charge >= 0.3 is 0 Å². The van der Waals surface area contributed by atoms with Crippen LogP contribution in [0.3, 0.4) is 0 Å². The molecule has 3 rings (SSSR count). The van der Waals surface area contributed by atoms with Crippen LogP contribution in [0.15, 0.2) is 42.5 Å². The van der Waals surface area contributed by atoms with Gasteiger partial charge in [0.25, 0.3) is 0 Å². The van der Waals surface area contributed by atoms with Gasteiger partial charge in [-0.3, -0.25) is 4.90 Å². The number of methoxy groups -OCH3 is 1. The third kappa shape index (κ3) is 3.69. The smallest absolute Gasteiger partial charge is 0.119 e. The van der Waals surface area contributed by atoms with Crippen LogP contribution in [0, 0.1) is 6.92 Å². The molecule has 4 heteroatoms. The standard InChI is InChI=1S/C19H23ClN2O/c1-14-13-17(23-2)7-8-18(14)19(22-11-9-21-10-12-22)15-3-5-16(20)6-4-15/h3-8,13,19,21H,9-12H2,1-2H3. The van der Waals surface area contributed by atoms with Crippen LogP contribution >= 0.6 is 11.6 Å². The van der Waals surface area contributed by atoms with Crippen molar-refractivity contribution in [1.82, 2.24) is 10.2 Å². The third-order valence-corrected chi connectivity index (χ3v) is 4.73. The molecule has 1 heterocycles. The number of halogens is 1. The Kier molecular flexibility index (Phi) is 5.21. The highest BCUT2D eigenvalue weighted by Crippen LogP contribution is 2.33. The zero-order valence-corrected chi connectivity index (χ0v) is 14.4. The van der Waals surface area contributed by atoms with E-state index in [1.54, 1.807) is 7.11 Å². The van der Waals surface area contributed by atoms with Gasteiger partial charge in [-0.15, -0.1) is 0 Å². The number of hydrogen-bond acceptors (Lipinski definition) is 3. The number of nitrogens with zero attached hydrogens (tertiary/aromatic N) is 1. The van der Waals surface area contributed by atoms with Crippen molar-refractivity contribution >= 4 is 11.6 Å². The fourth-order valence-electron chi connectivity index (χ4n) is 3.25. The molecule has 0 aliphatic carbocycles. The van der Waals surface area contributed by atoms with E-state index in [0.717, 1.165) is 37.0 Å². The summed E-state index contributed by atoms with van der Waals surface area (Å²) in [4.78, 5) is 2.54.